The molecule has 148 valence electrons. The van der Waals surface area contributed by atoms with E-state index in [1.165, 1.54) is 19.2 Å². The molecular weight excluding hydrogens is 371 g/mol. The summed E-state index contributed by atoms with van der Waals surface area (Å²) in [6, 6.07) is 17.9. The Kier molecular flexibility index (Phi) is 6.07. The van der Waals surface area contributed by atoms with Crippen LogP contribution in [0.4, 0.5) is 4.39 Å². The van der Waals surface area contributed by atoms with Crippen molar-refractivity contribution < 1.29 is 23.5 Å². The fraction of sp³-hybridized carbons (Fsp3) is 0.167. The molecule has 0 amide bonds. The highest BCUT2D eigenvalue weighted by atomic mass is 19.1. The van der Waals surface area contributed by atoms with Crippen LogP contribution >= 0.6 is 0 Å². The Morgan fingerprint density at radius 2 is 1.45 bits per heavy atom. The van der Waals surface area contributed by atoms with Crippen LogP contribution in [0.5, 0.6) is 5.75 Å². The topological polar surface area (TPSA) is 52.6 Å². The van der Waals surface area contributed by atoms with E-state index in [9.17, 15) is 14.0 Å². The molecule has 0 N–H and O–H groups in total. The lowest BCUT2D eigenvalue weighted by Crippen LogP contribution is -2.21. The van der Waals surface area contributed by atoms with E-state index >= 15 is 0 Å². The molecule has 0 aliphatic rings. The molecule has 0 saturated heterocycles. The predicted octanol–water partition coefficient (Wildman–Crippen LogP) is 5.23. The lowest BCUT2D eigenvalue weighted by molar-refractivity contribution is 0.0275. The molecule has 29 heavy (non-hydrogen) atoms. The maximum Gasteiger partial charge on any atom is 0.342 e. The minimum absolute atomic E-state index is 0.264. The number of halogens is 1. The number of esters is 1. The van der Waals surface area contributed by atoms with Gasteiger partial charge < -0.3 is 9.47 Å². The summed E-state index contributed by atoms with van der Waals surface area (Å²) in [7, 11) is 1.40. The lowest BCUT2D eigenvalue weighted by Gasteiger charge is -2.18. The zero-order valence-corrected chi connectivity index (χ0v) is 16.4. The molecule has 0 unspecified atom stereocenters. The molecule has 3 rings (SSSR count). The van der Waals surface area contributed by atoms with Gasteiger partial charge in [0.25, 0.3) is 0 Å². The van der Waals surface area contributed by atoms with Gasteiger partial charge in [-0.15, -0.1) is 0 Å². The molecule has 0 saturated carbocycles. The molecule has 0 bridgehead atoms. The molecule has 3 aromatic rings. The van der Waals surface area contributed by atoms with Crippen molar-refractivity contribution in [1.29, 1.82) is 0 Å². The molecule has 1 atom stereocenters. The first-order valence-electron chi connectivity index (χ1n) is 9.11. The first-order chi connectivity index (χ1) is 13.9. The Morgan fingerprint density at radius 3 is 2.00 bits per heavy atom. The maximum absolute atomic E-state index is 14.3. The third-order valence-electron chi connectivity index (χ3n) is 4.58. The van der Waals surface area contributed by atoms with Crippen molar-refractivity contribution in [3.63, 3.8) is 0 Å². The average Bonchev–Trinajstić information content (AvgIpc) is 2.72. The van der Waals surface area contributed by atoms with Crippen molar-refractivity contribution in [3.05, 3.63) is 100 Å². The van der Waals surface area contributed by atoms with E-state index in [1.54, 1.807) is 24.3 Å². The molecule has 0 heterocycles. The standard InChI is InChI=1S/C24H21FO4/c1-15-4-8-17(9-5-15)22(26)23(18-10-6-16(2)7-11-18)29-24(27)20-13-12-19(28-3)14-21(20)25/h4-14,23H,1-3H3/t23-/m1/s1. The Balaban J connectivity index is 1.94. The van der Waals surface area contributed by atoms with E-state index in [0.29, 0.717) is 11.1 Å². The first-order valence-corrected chi connectivity index (χ1v) is 9.11. The average molecular weight is 392 g/mol. The van der Waals surface area contributed by atoms with Gasteiger partial charge in [0.1, 0.15) is 11.6 Å². The minimum atomic E-state index is -1.19. The summed E-state index contributed by atoms with van der Waals surface area (Å²) in [6.45, 7) is 3.83. The van der Waals surface area contributed by atoms with E-state index in [4.69, 9.17) is 9.47 Å². The Morgan fingerprint density at radius 1 is 0.862 bits per heavy atom. The summed E-state index contributed by atoms with van der Waals surface area (Å²) in [5.41, 5.74) is 2.67. The maximum atomic E-state index is 14.3. The zero-order chi connectivity index (χ0) is 21.0. The van der Waals surface area contributed by atoms with Crippen LogP contribution in [0.1, 0.15) is 43.5 Å². The Bertz CT molecular complexity index is 1020. The van der Waals surface area contributed by atoms with Crippen molar-refractivity contribution in [2.75, 3.05) is 7.11 Å². The minimum Gasteiger partial charge on any atom is -0.497 e. The quantitative estimate of drug-likeness (QED) is 0.426. The Labute approximate surface area is 168 Å². The van der Waals surface area contributed by atoms with Gasteiger partial charge in [-0.2, -0.15) is 0 Å². The second-order valence-electron chi connectivity index (χ2n) is 6.77. The number of Topliss-reactive ketones (excluding diaryl/α,β-unsaturated/α-hetero) is 1. The molecule has 4 nitrogen and oxygen atoms in total. The van der Waals surface area contributed by atoms with Crippen molar-refractivity contribution in [2.24, 2.45) is 0 Å². The summed E-state index contributed by atoms with van der Waals surface area (Å²) in [5, 5.41) is 0. The summed E-state index contributed by atoms with van der Waals surface area (Å²) in [5.74, 6) is -1.79. The summed E-state index contributed by atoms with van der Waals surface area (Å²) < 4.78 is 24.7. The van der Waals surface area contributed by atoms with E-state index < -0.39 is 17.9 Å². The van der Waals surface area contributed by atoms with Crippen LogP contribution < -0.4 is 4.74 Å². The number of aryl methyl sites for hydroxylation is 2. The molecule has 0 fully saturated rings. The van der Waals surface area contributed by atoms with Crippen LogP contribution in [0.25, 0.3) is 0 Å². The molecule has 0 aliphatic carbocycles. The predicted molar refractivity (Wildman–Crippen MR) is 108 cm³/mol. The van der Waals surface area contributed by atoms with Crippen LogP contribution in [0.15, 0.2) is 66.7 Å². The second-order valence-corrected chi connectivity index (χ2v) is 6.77. The number of carbonyl (C=O) groups excluding carboxylic acids is 2. The van der Waals surface area contributed by atoms with Crippen molar-refractivity contribution >= 4 is 11.8 Å². The van der Waals surface area contributed by atoms with Crippen molar-refractivity contribution in [1.82, 2.24) is 0 Å². The summed E-state index contributed by atoms with van der Waals surface area (Å²) in [4.78, 5) is 25.8. The molecule has 0 radical (unpaired) electrons. The van der Waals surface area contributed by atoms with E-state index in [-0.39, 0.29) is 17.1 Å². The van der Waals surface area contributed by atoms with Gasteiger partial charge in [-0.05, 0) is 26.0 Å². The van der Waals surface area contributed by atoms with Gasteiger partial charge in [0.15, 0.2) is 6.10 Å². The number of hydrogen-bond acceptors (Lipinski definition) is 4. The zero-order valence-electron chi connectivity index (χ0n) is 16.4. The van der Waals surface area contributed by atoms with E-state index in [1.807, 2.05) is 38.1 Å². The first kappa shape index (κ1) is 20.3. The van der Waals surface area contributed by atoms with Crippen LogP contribution in [-0.2, 0) is 4.74 Å². The third kappa shape index (κ3) is 4.69. The fourth-order valence-electron chi connectivity index (χ4n) is 2.84. The van der Waals surface area contributed by atoms with Crippen LogP contribution in [0.3, 0.4) is 0 Å². The Hall–Kier alpha value is -3.47. The highest BCUT2D eigenvalue weighted by Crippen LogP contribution is 2.26. The number of rotatable bonds is 6. The second kappa shape index (κ2) is 8.69. The number of methoxy groups -OCH3 is 1. The van der Waals surface area contributed by atoms with Gasteiger partial charge in [-0.25, -0.2) is 9.18 Å². The van der Waals surface area contributed by atoms with Crippen LogP contribution in [-0.4, -0.2) is 18.9 Å². The number of ketones is 1. The molecule has 3 aromatic carbocycles. The number of benzene rings is 3. The summed E-state index contributed by atoms with van der Waals surface area (Å²) in [6.07, 6.45) is -1.19. The van der Waals surface area contributed by atoms with Gasteiger partial charge in [0.05, 0.1) is 12.7 Å². The van der Waals surface area contributed by atoms with Gasteiger partial charge in [0, 0.05) is 17.2 Å². The fourth-order valence-corrected chi connectivity index (χ4v) is 2.84. The van der Waals surface area contributed by atoms with Crippen molar-refractivity contribution in [3.8, 4) is 5.75 Å². The smallest absolute Gasteiger partial charge is 0.342 e. The monoisotopic (exact) mass is 392 g/mol. The SMILES string of the molecule is COc1ccc(C(=O)O[C@@H](C(=O)c2ccc(C)cc2)c2ccc(C)cc2)c(F)c1. The van der Waals surface area contributed by atoms with Gasteiger partial charge in [0.2, 0.25) is 5.78 Å². The highest BCUT2D eigenvalue weighted by molar-refractivity contribution is 6.02. The summed E-state index contributed by atoms with van der Waals surface area (Å²) >= 11 is 0. The molecule has 0 spiro atoms. The highest BCUT2D eigenvalue weighted by Gasteiger charge is 2.28. The third-order valence-corrected chi connectivity index (χ3v) is 4.58. The van der Waals surface area contributed by atoms with Crippen molar-refractivity contribution in [2.45, 2.75) is 20.0 Å². The van der Waals surface area contributed by atoms with Gasteiger partial charge in [-0.3, -0.25) is 4.79 Å². The molecule has 0 aromatic heterocycles. The number of ether oxygens (including phenoxy) is 2. The van der Waals surface area contributed by atoms with E-state index in [2.05, 4.69) is 0 Å². The normalized spacial score (nSPS) is 11.6. The largest absolute Gasteiger partial charge is 0.497 e. The van der Waals surface area contributed by atoms with Crippen LogP contribution in [0.2, 0.25) is 0 Å². The van der Waals surface area contributed by atoms with E-state index in [0.717, 1.165) is 17.2 Å². The number of carbonyl (C=O) groups is 2. The molecular formula is C24H21FO4. The van der Waals surface area contributed by atoms with Crippen LogP contribution in [0, 0.1) is 19.7 Å². The van der Waals surface area contributed by atoms with Gasteiger partial charge in [-0.1, -0.05) is 59.7 Å². The van der Waals surface area contributed by atoms with Gasteiger partial charge >= 0.3 is 5.97 Å². The number of hydrogen-bond donors (Lipinski definition) is 0. The lowest BCUT2D eigenvalue weighted by atomic mass is 9.98. The molecule has 0 aliphatic heterocycles. The molecule has 5 heteroatoms.